The molecule has 0 spiro atoms. The first-order chi connectivity index (χ1) is 14.8. The molecule has 0 radical (unpaired) electrons. The third kappa shape index (κ3) is 4.04. The highest BCUT2D eigenvalue weighted by Crippen LogP contribution is 2.34. The number of nitrogens with zero attached hydrogens (tertiary/aromatic N) is 2. The Morgan fingerprint density at radius 3 is 2.63 bits per heavy atom. The third-order valence-electron chi connectivity index (χ3n) is 6.78. The van der Waals surface area contributed by atoms with E-state index in [4.69, 9.17) is 9.47 Å². The number of hydrogen-bond acceptors (Lipinski definition) is 4. The van der Waals surface area contributed by atoms with Crippen molar-refractivity contribution in [3.8, 4) is 11.5 Å². The van der Waals surface area contributed by atoms with Crippen LogP contribution in [0.3, 0.4) is 0 Å². The Hall–Kier alpha value is -2.53. The van der Waals surface area contributed by atoms with E-state index in [1.807, 2.05) is 24.3 Å². The van der Waals surface area contributed by atoms with Gasteiger partial charge in [0.2, 0.25) is 6.10 Å². The summed E-state index contributed by atoms with van der Waals surface area (Å²) in [7, 11) is 0. The third-order valence-corrected chi connectivity index (χ3v) is 6.78. The average molecular weight is 407 g/mol. The molecule has 0 bridgehead atoms. The van der Waals surface area contributed by atoms with E-state index in [-0.39, 0.29) is 5.91 Å². The SMILES string of the molecule is O=C(C1COc2ccccc2O1)N1CCC[C@@H]2CN(CCc3ccccc3)CC[C@@H]21. The molecule has 1 amide bonds. The summed E-state index contributed by atoms with van der Waals surface area (Å²) in [4.78, 5) is 18.0. The zero-order valence-electron chi connectivity index (χ0n) is 17.4. The molecule has 30 heavy (non-hydrogen) atoms. The number of ether oxygens (including phenoxy) is 2. The van der Waals surface area contributed by atoms with Crippen LogP contribution in [0.2, 0.25) is 0 Å². The normalized spacial score (nSPS) is 26.1. The van der Waals surface area contributed by atoms with Crippen LogP contribution in [0.15, 0.2) is 54.6 Å². The maximum Gasteiger partial charge on any atom is 0.267 e. The van der Waals surface area contributed by atoms with Crippen LogP contribution in [0.25, 0.3) is 0 Å². The van der Waals surface area contributed by atoms with Crippen LogP contribution in [0.1, 0.15) is 24.8 Å². The predicted molar refractivity (Wildman–Crippen MR) is 116 cm³/mol. The summed E-state index contributed by atoms with van der Waals surface area (Å²) in [6, 6.07) is 18.6. The van der Waals surface area contributed by atoms with Crippen molar-refractivity contribution in [1.82, 2.24) is 9.80 Å². The maximum absolute atomic E-state index is 13.3. The summed E-state index contributed by atoms with van der Waals surface area (Å²) < 4.78 is 11.8. The molecule has 3 aliphatic heterocycles. The van der Waals surface area contributed by atoms with E-state index in [9.17, 15) is 4.79 Å². The lowest BCUT2D eigenvalue weighted by Gasteiger charge is -2.48. The molecule has 3 aliphatic rings. The van der Waals surface area contributed by atoms with Gasteiger partial charge in [0.05, 0.1) is 0 Å². The van der Waals surface area contributed by atoms with E-state index in [0.717, 1.165) is 51.2 Å². The number of benzene rings is 2. The van der Waals surface area contributed by atoms with Gasteiger partial charge in [-0.3, -0.25) is 4.79 Å². The highest BCUT2D eigenvalue weighted by molar-refractivity contribution is 5.82. The van der Waals surface area contributed by atoms with E-state index < -0.39 is 6.10 Å². The second-order valence-electron chi connectivity index (χ2n) is 8.69. The van der Waals surface area contributed by atoms with E-state index in [1.54, 1.807) is 0 Å². The standard InChI is InChI=1S/C25H30N2O3/c28-25(24-18-29-22-10-4-5-11-23(22)30-24)27-14-6-9-20-17-26(16-13-21(20)27)15-12-19-7-2-1-3-8-19/h1-5,7-8,10-11,20-21,24H,6,9,12-18H2/t20-,21+,24?/m1/s1. The fraction of sp³-hybridized carbons (Fsp3) is 0.480. The fourth-order valence-corrected chi connectivity index (χ4v) is 5.21. The molecule has 0 saturated carbocycles. The van der Waals surface area contributed by atoms with Gasteiger partial charge >= 0.3 is 0 Å². The lowest BCUT2D eigenvalue weighted by atomic mass is 9.83. The topological polar surface area (TPSA) is 42.0 Å². The van der Waals surface area contributed by atoms with Crippen molar-refractivity contribution >= 4 is 5.91 Å². The largest absolute Gasteiger partial charge is 0.485 e. The van der Waals surface area contributed by atoms with Crippen LogP contribution in [-0.2, 0) is 11.2 Å². The zero-order valence-corrected chi connectivity index (χ0v) is 17.4. The van der Waals surface area contributed by atoms with Gasteiger partial charge in [-0.2, -0.15) is 0 Å². The van der Waals surface area contributed by atoms with Crippen molar-refractivity contribution in [3.05, 3.63) is 60.2 Å². The van der Waals surface area contributed by atoms with E-state index in [0.29, 0.717) is 24.3 Å². The molecule has 5 heteroatoms. The van der Waals surface area contributed by atoms with Crippen LogP contribution in [-0.4, -0.2) is 60.6 Å². The van der Waals surface area contributed by atoms with Crippen LogP contribution >= 0.6 is 0 Å². The summed E-state index contributed by atoms with van der Waals surface area (Å²) >= 11 is 0. The number of piperidine rings is 2. The number of amides is 1. The summed E-state index contributed by atoms with van der Waals surface area (Å²) in [6.45, 7) is 4.38. The second-order valence-corrected chi connectivity index (χ2v) is 8.69. The van der Waals surface area contributed by atoms with Gasteiger partial charge < -0.3 is 19.3 Å². The Balaban J connectivity index is 1.19. The molecule has 2 saturated heterocycles. The van der Waals surface area contributed by atoms with E-state index in [2.05, 4.69) is 40.1 Å². The fourth-order valence-electron chi connectivity index (χ4n) is 5.21. The molecule has 5 rings (SSSR count). The molecular weight excluding hydrogens is 376 g/mol. The number of likely N-dealkylation sites (tertiary alicyclic amines) is 2. The Morgan fingerprint density at radius 2 is 1.77 bits per heavy atom. The maximum atomic E-state index is 13.3. The molecule has 0 aliphatic carbocycles. The second kappa shape index (κ2) is 8.68. The van der Waals surface area contributed by atoms with Crippen LogP contribution in [0.5, 0.6) is 11.5 Å². The van der Waals surface area contributed by atoms with Crippen molar-refractivity contribution in [1.29, 1.82) is 0 Å². The first-order valence-electron chi connectivity index (χ1n) is 11.2. The average Bonchev–Trinajstić information content (AvgIpc) is 2.82. The van der Waals surface area contributed by atoms with E-state index >= 15 is 0 Å². The molecular formula is C25H30N2O3. The monoisotopic (exact) mass is 406 g/mol. The lowest BCUT2D eigenvalue weighted by molar-refractivity contribution is -0.148. The van der Waals surface area contributed by atoms with Gasteiger partial charge in [0.25, 0.3) is 5.91 Å². The predicted octanol–water partition coefficient (Wildman–Crippen LogP) is 3.38. The smallest absolute Gasteiger partial charge is 0.267 e. The summed E-state index contributed by atoms with van der Waals surface area (Å²) in [5, 5.41) is 0. The van der Waals surface area contributed by atoms with Gasteiger partial charge in [-0.1, -0.05) is 42.5 Å². The minimum atomic E-state index is -0.533. The molecule has 3 atom stereocenters. The Morgan fingerprint density at radius 1 is 0.967 bits per heavy atom. The zero-order chi connectivity index (χ0) is 20.3. The van der Waals surface area contributed by atoms with Gasteiger partial charge in [0, 0.05) is 32.2 Å². The summed E-state index contributed by atoms with van der Waals surface area (Å²) in [5.74, 6) is 2.05. The van der Waals surface area contributed by atoms with E-state index in [1.165, 1.54) is 12.0 Å². The molecule has 0 aromatic heterocycles. The highest BCUT2D eigenvalue weighted by Gasteiger charge is 2.41. The minimum Gasteiger partial charge on any atom is -0.485 e. The molecule has 158 valence electrons. The molecule has 3 heterocycles. The van der Waals surface area contributed by atoms with Crippen LogP contribution in [0.4, 0.5) is 0 Å². The van der Waals surface area contributed by atoms with Gasteiger partial charge in [-0.15, -0.1) is 0 Å². The van der Waals surface area contributed by atoms with Crippen molar-refractivity contribution in [2.24, 2.45) is 5.92 Å². The highest BCUT2D eigenvalue weighted by atomic mass is 16.6. The molecule has 5 nitrogen and oxygen atoms in total. The molecule has 0 N–H and O–H groups in total. The Kier molecular flexibility index (Phi) is 5.63. The van der Waals surface area contributed by atoms with Crippen LogP contribution in [0, 0.1) is 5.92 Å². The first kappa shape index (κ1) is 19.4. The lowest BCUT2D eigenvalue weighted by Crippen LogP contribution is -2.59. The minimum absolute atomic E-state index is 0.0944. The molecule has 1 unspecified atom stereocenters. The number of carbonyl (C=O) groups excluding carboxylic acids is 1. The Labute approximate surface area is 178 Å². The summed E-state index contributed by atoms with van der Waals surface area (Å²) in [5.41, 5.74) is 1.40. The van der Waals surface area contributed by atoms with Crippen molar-refractivity contribution in [2.45, 2.75) is 37.8 Å². The number of carbonyl (C=O) groups is 1. The number of hydrogen-bond donors (Lipinski definition) is 0. The molecule has 2 fully saturated rings. The number of para-hydroxylation sites is 2. The first-order valence-corrected chi connectivity index (χ1v) is 11.2. The summed E-state index contributed by atoms with van der Waals surface area (Å²) in [6.07, 6.45) is 3.89. The van der Waals surface area contributed by atoms with Gasteiger partial charge in [0.1, 0.15) is 6.61 Å². The van der Waals surface area contributed by atoms with Gasteiger partial charge in [0.15, 0.2) is 11.5 Å². The number of rotatable bonds is 4. The molecule has 2 aromatic carbocycles. The number of fused-ring (bicyclic) bond motifs is 2. The van der Waals surface area contributed by atoms with Crippen molar-refractivity contribution in [2.75, 3.05) is 32.8 Å². The van der Waals surface area contributed by atoms with Crippen LogP contribution < -0.4 is 9.47 Å². The van der Waals surface area contributed by atoms with Gasteiger partial charge in [-0.05, 0) is 49.3 Å². The quantitative estimate of drug-likeness (QED) is 0.781. The van der Waals surface area contributed by atoms with Gasteiger partial charge in [-0.25, -0.2) is 0 Å². The Bertz CT molecular complexity index is 872. The van der Waals surface area contributed by atoms with Crippen molar-refractivity contribution in [3.63, 3.8) is 0 Å². The van der Waals surface area contributed by atoms with Crippen molar-refractivity contribution < 1.29 is 14.3 Å². The molecule has 2 aromatic rings.